The zero-order valence-electron chi connectivity index (χ0n) is 17.4. The number of aliphatic imine (C=N–C) groups is 1. The summed E-state index contributed by atoms with van der Waals surface area (Å²) in [5, 5.41) is 10.6. The fourth-order valence-corrected chi connectivity index (χ4v) is 2.96. The van der Waals surface area contributed by atoms with E-state index in [9.17, 15) is 13.2 Å². The van der Waals surface area contributed by atoms with Gasteiger partial charge in [-0.3, -0.25) is 4.99 Å². The molecule has 0 aliphatic rings. The summed E-state index contributed by atoms with van der Waals surface area (Å²) in [5.74, 6) is 1.21. The molecule has 0 amide bonds. The first-order chi connectivity index (χ1) is 14.3. The topological polar surface area (TPSA) is 67.1 Å². The molecule has 6 nitrogen and oxygen atoms in total. The molecule has 2 heterocycles. The van der Waals surface area contributed by atoms with Crippen molar-refractivity contribution < 1.29 is 13.2 Å². The van der Waals surface area contributed by atoms with Crippen LogP contribution in [0.3, 0.4) is 0 Å². The average molecular weight is 544 g/mol. The maximum absolute atomic E-state index is 12.8. The van der Waals surface area contributed by atoms with Crippen LogP contribution in [-0.4, -0.2) is 27.8 Å². The summed E-state index contributed by atoms with van der Waals surface area (Å²) in [6, 6.07) is 11.0. The van der Waals surface area contributed by atoms with Gasteiger partial charge in [0.05, 0.1) is 11.3 Å². The summed E-state index contributed by atoms with van der Waals surface area (Å²) in [6.45, 7) is 4.59. The van der Waals surface area contributed by atoms with Crippen LogP contribution in [-0.2, 0) is 19.3 Å². The number of nitrogens with one attached hydrogen (secondary N) is 2. The number of pyridine rings is 1. The number of hydrogen-bond acceptors (Lipinski definition) is 3. The molecule has 0 spiro atoms. The van der Waals surface area contributed by atoms with E-state index in [4.69, 9.17) is 0 Å². The molecule has 10 heteroatoms. The van der Waals surface area contributed by atoms with Gasteiger partial charge in [0.1, 0.15) is 0 Å². The Kier molecular flexibility index (Phi) is 8.43. The Morgan fingerprint density at radius 3 is 2.29 bits per heavy atom. The van der Waals surface area contributed by atoms with Gasteiger partial charge in [-0.25, -0.2) is 9.67 Å². The second-order valence-electron chi connectivity index (χ2n) is 6.84. The monoisotopic (exact) mass is 544 g/mol. The number of nitrogens with zero attached hydrogens (tertiary/aromatic N) is 4. The summed E-state index contributed by atoms with van der Waals surface area (Å²) in [4.78, 5) is 8.55. The molecule has 0 aliphatic carbocycles. The van der Waals surface area contributed by atoms with Gasteiger partial charge in [-0.1, -0.05) is 18.2 Å². The number of aromatic nitrogens is 3. The third kappa shape index (κ3) is 6.68. The molecule has 2 N–H and O–H groups in total. The molecular weight excluding hydrogens is 520 g/mol. The van der Waals surface area contributed by atoms with Crippen LogP contribution in [0.4, 0.5) is 13.2 Å². The van der Waals surface area contributed by atoms with Crippen molar-refractivity contribution in [3.63, 3.8) is 0 Å². The molecular formula is C21H24F3IN6. The Morgan fingerprint density at radius 2 is 1.74 bits per heavy atom. The van der Waals surface area contributed by atoms with Gasteiger partial charge < -0.3 is 10.6 Å². The summed E-state index contributed by atoms with van der Waals surface area (Å²) in [7, 11) is 1.60. The van der Waals surface area contributed by atoms with Gasteiger partial charge in [-0.2, -0.15) is 18.3 Å². The maximum atomic E-state index is 12.8. The molecule has 0 fully saturated rings. The van der Waals surface area contributed by atoms with Crippen molar-refractivity contribution in [2.45, 2.75) is 33.1 Å². The van der Waals surface area contributed by atoms with Gasteiger partial charge in [0, 0.05) is 32.0 Å². The smallest absolute Gasteiger partial charge is 0.352 e. The number of rotatable bonds is 5. The Labute approximate surface area is 196 Å². The Balaban J connectivity index is 0.00000341. The number of guanidine groups is 1. The standard InChI is InChI=1S/C21H23F3N6.HI/c1-14-9-15(2)30(29-14)19-8-7-17(12-26-19)13-28-20(25-3)27-11-16-5-4-6-18(10-16)21(22,23)24;/h4-10,12H,11,13H2,1-3H3,(H2,25,27,28);1H. The maximum Gasteiger partial charge on any atom is 0.416 e. The molecule has 0 atom stereocenters. The highest BCUT2D eigenvalue weighted by atomic mass is 127. The van der Waals surface area contributed by atoms with Crippen molar-refractivity contribution in [3.05, 3.63) is 76.7 Å². The molecule has 0 bridgehead atoms. The van der Waals surface area contributed by atoms with Gasteiger partial charge in [0.15, 0.2) is 11.8 Å². The van der Waals surface area contributed by atoms with Gasteiger partial charge in [0.2, 0.25) is 0 Å². The normalized spacial score (nSPS) is 11.7. The lowest BCUT2D eigenvalue weighted by Gasteiger charge is -2.13. The van der Waals surface area contributed by atoms with E-state index in [1.807, 2.05) is 32.0 Å². The van der Waals surface area contributed by atoms with E-state index in [1.165, 1.54) is 6.07 Å². The number of halogens is 4. The van der Waals surface area contributed by atoms with Crippen molar-refractivity contribution in [1.82, 2.24) is 25.4 Å². The molecule has 31 heavy (non-hydrogen) atoms. The van der Waals surface area contributed by atoms with Crippen LogP contribution in [0.2, 0.25) is 0 Å². The first-order valence-corrected chi connectivity index (χ1v) is 9.35. The predicted octanol–water partition coefficient (Wildman–Crippen LogP) is 4.39. The number of alkyl halides is 3. The predicted molar refractivity (Wildman–Crippen MR) is 125 cm³/mol. The van der Waals surface area contributed by atoms with Crippen LogP contribution >= 0.6 is 24.0 Å². The largest absolute Gasteiger partial charge is 0.416 e. The quantitative estimate of drug-likeness (QED) is 0.284. The van der Waals surface area contributed by atoms with E-state index in [0.29, 0.717) is 18.1 Å². The first-order valence-electron chi connectivity index (χ1n) is 9.35. The summed E-state index contributed by atoms with van der Waals surface area (Å²) < 4.78 is 40.3. The Hall–Kier alpha value is -2.63. The van der Waals surface area contributed by atoms with Crippen molar-refractivity contribution in [3.8, 4) is 5.82 Å². The number of benzene rings is 1. The molecule has 2 aromatic heterocycles. The van der Waals surface area contributed by atoms with Crippen molar-refractivity contribution >= 4 is 29.9 Å². The van der Waals surface area contributed by atoms with Crippen molar-refractivity contribution in [2.75, 3.05) is 7.05 Å². The zero-order chi connectivity index (χ0) is 21.7. The zero-order valence-corrected chi connectivity index (χ0v) is 19.7. The van der Waals surface area contributed by atoms with Crippen LogP contribution in [0, 0.1) is 13.8 Å². The number of hydrogen-bond donors (Lipinski definition) is 2. The lowest BCUT2D eigenvalue weighted by Crippen LogP contribution is -2.36. The molecule has 0 saturated carbocycles. The van der Waals surface area contributed by atoms with E-state index in [2.05, 4.69) is 25.7 Å². The minimum absolute atomic E-state index is 0. The summed E-state index contributed by atoms with van der Waals surface area (Å²) >= 11 is 0. The van der Waals surface area contributed by atoms with Gasteiger partial charge in [-0.05, 0) is 49.2 Å². The molecule has 0 unspecified atom stereocenters. The lowest BCUT2D eigenvalue weighted by molar-refractivity contribution is -0.137. The lowest BCUT2D eigenvalue weighted by atomic mass is 10.1. The Bertz CT molecular complexity index is 1030. The molecule has 166 valence electrons. The molecule has 0 saturated heterocycles. The van der Waals surface area contributed by atoms with Crippen molar-refractivity contribution in [2.24, 2.45) is 4.99 Å². The minimum Gasteiger partial charge on any atom is -0.352 e. The highest BCUT2D eigenvalue weighted by Gasteiger charge is 2.30. The van der Waals surface area contributed by atoms with Crippen LogP contribution in [0.15, 0.2) is 53.7 Å². The van der Waals surface area contributed by atoms with Gasteiger partial charge in [-0.15, -0.1) is 24.0 Å². The highest BCUT2D eigenvalue weighted by molar-refractivity contribution is 14.0. The van der Waals surface area contributed by atoms with Crippen LogP contribution in [0.25, 0.3) is 5.82 Å². The molecule has 0 radical (unpaired) electrons. The van der Waals surface area contributed by atoms with Gasteiger partial charge in [0.25, 0.3) is 0 Å². The highest BCUT2D eigenvalue weighted by Crippen LogP contribution is 2.29. The van der Waals surface area contributed by atoms with Crippen molar-refractivity contribution in [1.29, 1.82) is 0 Å². The van der Waals surface area contributed by atoms with E-state index >= 15 is 0 Å². The van der Waals surface area contributed by atoms with E-state index in [-0.39, 0.29) is 30.5 Å². The van der Waals surface area contributed by atoms with Crippen LogP contribution in [0.1, 0.15) is 28.1 Å². The summed E-state index contributed by atoms with van der Waals surface area (Å²) in [6.07, 6.45) is -2.61. The molecule has 3 rings (SSSR count). The second kappa shape index (κ2) is 10.6. The molecule has 0 aliphatic heterocycles. The minimum atomic E-state index is -4.36. The van der Waals surface area contributed by atoms with E-state index in [0.717, 1.165) is 34.9 Å². The van der Waals surface area contributed by atoms with Crippen LogP contribution < -0.4 is 10.6 Å². The van der Waals surface area contributed by atoms with Crippen LogP contribution in [0.5, 0.6) is 0 Å². The van der Waals surface area contributed by atoms with E-state index < -0.39 is 11.7 Å². The SMILES string of the molecule is CN=C(NCc1ccc(-n2nc(C)cc2C)nc1)NCc1cccc(C(F)(F)F)c1.I. The fraction of sp³-hybridized carbons (Fsp3) is 0.286. The molecule has 3 aromatic rings. The van der Waals surface area contributed by atoms with E-state index in [1.54, 1.807) is 24.0 Å². The van der Waals surface area contributed by atoms with Gasteiger partial charge >= 0.3 is 6.18 Å². The average Bonchev–Trinajstić information content (AvgIpc) is 3.06. The number of aryl methyl sites for hydroxylation is 2. The molecule has 1 aromatic carbocycles. The third-order valence-corrected chi connectivity index (χ3v) is 4.43. The fourth-order valence-electron chi connectivity index (χ4n) is 2.96. The third-order valence-electron chi connectivity index (χ3n) is 4.43. The second-order valence-corrected chi connectivity index (χ2v) is 6.84. The summed E-state index contributed by atoms with van der Waals surface area (Å²) in [5.41, 5.74) is 2.71. The Morgan fingerprint density at radius 1 is 1.03 bits per heavy atom. The first kappa shape index (κ1) is 24.6.